The van der Waals surface area contributed by atoms with E-state index in [4.69, 9.17) is 0 Å². The number of ether oxygens (including phenoxy) is 1. The number of amides is 1. The van der Waals surface area contributed by atoms with Crippen molar-refractivity contribution >= 4 is 22.4 Å². The molecule has 8 heteroatoms. The van der Waals surface area contributed by atoms with Crippen LogP contribution in [0.1, 0.15) is 20.8 Å². The third-order valence-electron chi connectivity index (χ3n) is 3.20. The summed E-state index contributed by atoms with van der Waals surface area (Å²) in [6, 6.07) is 6.47. The number of sulfonamides is 1. The molecule has 0 bridgehead atoms. The lowest BCUT2D eigenvalue weighted by Gasteiger charge is -2.34. The highest BCUT2D eigenvalue weighted by molar-refractivity contribution is 7.89. The summed E-state index contributed by atoms with van der Waals surface area (Å²) in [5.41, 5.74) is -0.563. The smallest absolute Gasteiger partial charge is 0.325 e. The monoisotopic (exact) mass is 342 g/mol. The van der Waals surface area contributed by atoms with Crippen molar-refractivity contribution in [3.8, 4) is 0 Å². The second-order valence-corrected chi connectivity index (χ2v) is 7.65. The molecule has 0 saturated heterocycles. The molecule has 0 aliphatic carbocycles. The molecule has 0 aromatic heterocycles. The third-order valence-corrected chi connectivity index (χ3v) is 4.69. The van der Waals surface area contributed by atoms with E-state index in [1.54, 1.807) is 39.0 Å². The molecule has 0 aliphatic heterocycles. The fraction of sp³-hybridized carbons (Fsp3) is 0.467. The van der Waals surface area contributed by atoms with Crippen molar-refractivity contribution in [3.63, 3.8) is 0 Å². The Kier molecular flexibility index (Phi) is 6.28. The zero-order chi connectivity index (χ0) is 17.7. The number of esters is 1. The SMILES string of the molecule is COC(=O)C(CN(C=O)C(C)(C)C)NS(=O)(=O)c1ccccc1. The lowest BCUT2D eigenvalue weighted by molar-refractivity contribution is -0.143. The van der Waals surface area contributed by atoms with Gasteiger partial charge < -0.3 is 9.64 Å². The maximum atomic E-state index is 12.4. The second kappa shape index (κ2) is 7.56. The highest BCUT2D eigenvalue weighted by atomic mass is 32.2. The summed E-state index contributed by atoms with van der Waals surface area (Å²) >= 11 is 0. The average Bonchev–Trinajstić information content (AvgIpc) is 2.50. The average molecular weight is 342 g/mol. The van der Waals surface area contributed by atoms with Crippen LogP contribution >= 0.6 is 0 Å². The third kappa shape index (κ3) is 5.33. The van der Waals surface area contributed by atoms with E-state index in [2.05, 4.69) is 9.46 Å². The number of benzene rings is 1. The maximum absolute atomic E-state index is 12.4. The summed E-state index contributed by atoms with van der Waals surface area (Å²) in [5, 5.41) is 0. The fourth-order valence-electron chi connectivity index (χ4n) is 1.83. The van der Waals surface area contributed by atoms with Gasteiger partial charge in [-0.15, -0.1) is 0 Å². The van der Waals surface area contributed by atoms with Crippen molar-refractivity contribution in [2.45, 2.75) is 37.2 Å². The Balaban J connectivity index is 3.04. The molecule has 128 valence electrons. The Bertz CT molecular complexity index is 638. The molecule has 1 N–H and O–H groups in total. The summed E-state index contributed by atoms with van der Waals surface area (Å²) < 4.78 is 31.7. The predicted molar refractivity (Wildman–Crippen MR) is 85.1 cm³/mol. The highest BCUT2D eigenvalue weighted by Gasteiger charge is 2.31. The van der Waals surface area contributed by atoms with Crippen LogP contribution in [0.3, 0.4) is 0 Å². The van der Waals surface area contributed by atoms with E-state index < -0.39 is 27.6 Å². The first-order valence-corrected chi connectivity index (χ1v) is 8.47. The van der Waals surface area contributed by atoms with Crippen LogP contribution in [0.25, 0.3) is 0 Å². The number of hydrogen-bond donors (Lipinski definition) is 1. The standard InChI is InChI=1S/C15H22N2O5S/c1-15(2,3)17(11-18)10-13(14(19)22-4)16-23(20,21)12-8-6-5-7-9-12/h5-9,11,13,16H,10H2,1-4H3. The Morgan fingerprint density at radius 1 is 1.30 bits per heavy atom. The van der Waals surface area contributed by atoms with Crippen LogP contribution in [0.15, 0.2) is 35.2 Å². The topological polar surface area (TPSA) is 92.8 Å². The number of carbonyl (C=O) groups is 2. The predicted octanol–water partition coefficient (Wildman–Crippen LogP) is 0.763. The number of rotatable bonds is 7. The van der Waals surface area contributed by atoms with Gasteiger partial charge in [0.25, 0.3) is 0 Å². The van der Waals surface area contributed by atoms with Crippen LogP contribution < -0.4 is 4.72 Å². The molecule has 1 aromatic rings. The van der Waals surface area contributed by atoms with E-state index in [0.29, 0.717) is 6.41 Å². The molecule has 1 rings (SSSR count). The fourth-order valence-corrected chi connectivity index (χ4v) is 3.03. The molecule has 0 spiro atoms. The molecule has 0 radical (unpaired) electrons. The molecule has 0 heterocycles. The van der Waals surface area contributed by atoms with Crippen LogP contribution in [0, 0.1) is 0 Å². The van der Waals surface area contributed by atoms with Crippen molar-refractivity contribution < 1.29 is 22.7 Å². The normalized spacial score (nSPS) is 13.2. The molecule has 0 fully saturated rings. The molecule has 1 amide bonds. The maximum Gasteiger partial charge on any atom is 0.325 e. The minimum absolute atomic E-state index is 0.0299. The van der Waals surface area contributed by atoms with Gasteiger partial charge in [-0.25, -0.2) is 8.42 Å². The lowest BCUT2D eigenvalue weighted by Crippen LogP contribution is -2.53. The van der Waals surface area contributed by atoms with E-state index in [9.17, 15) is 18.0 Å². The minimum Gasteiger partial charge on any atom is -0.468 e. The first kappa shape index (κ1) is 19.1. The van der Waals surface area contributed by atoms with E-state index in [1.807, 2.05) is 0 Å². The summed E-state index contributed by atoms with van der Waals surface area (Å²) in [4.78, 5) is 24.5. The molecule has 1 aromatic carbocycles. The molecular weight excluding hydrogens is 320 g/mol. The minimum atomic E-state index is -3.91. The lowest BCUT2D eigenvalue weighted by atomic mass is 10.1. The number of nitrogens with one attached hydrogen (secondary N) is 1. The van der Waals surface area contributed by atoms with Gasteiger partial charge in [0.1, 0.15) is 6.04 Å². The van der Waals surface area contributed by atoms with Crippen molar-refractivity contribution in [1.82, 2.24) is 9.62 Å². The van der Waals surface area contributed by atoms with Gasteiger partial charge in [-0.3, -0.25) is 9.59 Å². The zero-order valence-corrected chi connectivity index (χ0v) is 14.5. The van der Waals surface area contributed by atoms with Crippen LogP contribution in [-0.4, -0.2) is 50.9 Å². The van der Waals surface area contributed by atoms with Gasteiger partial charge in [0.15, 0.2) is 0 Å². The van der Waals surface area contributed by atoms with Crippen LogP contribution in [0.5, 0.6) is 0 Å². The van der Waals surface area contributed by atoms with E-state index >= 15 is 0 Å². The number of nitrogens with zero attached hydrogens (tertiary/aromatic N) is 1. The largest absolute Gasteiger partial charge is 0.468 e. The first-order chi connectivity index (χ1) is 10.6. The van der Waals surface area contributed by atoms with Crippen molar-refractivity contribution in [2.75, 3.05) is 13.7 Å². The Hall–Kier alpha value is -1.93. The highest BCUT2D eigenvalue weighted by Crippen LogP contribution is 2.14. The molecule has 0 saturated carbocycles. The molecule has 23 heavy (non-hydrogen) atoms. The van der Waals surface area contributed by atoms with E-state index in [-0.39, 0.29) is 11.4 Å². The van der Waals surface area contributed by atoms with Crippen molar-refractivity contribution in [3.05, 3.63) is 30.3 Å². The van der Waals surface area contributed by atoms with Gasteiger partial charge in [-0.1, -0.05) is 18.2 Å². The van der Waals surface area contributed by atoms with Crippen molar-refractivity contribution in [1.29, 1.82) is 0 Å². The number of methoxy groups -OCH3 is 1. The first-order valence-electron chi connectivity index (χ1n) is 6.99. The quantitative estimate of drug-likeness (QED) is 0.583. The van der Waals surface area contributed by atoms with E-state index in [0.717, 1.165) is 7.11 Å². The molecule has 1 unspecified atom stereocenters. The van der Waals surface area contributed by atoms with Crippen LogP contribution in [-0.2, 0) is 24.3 Å². The van der Waals surface area contributed by atoms with Gasteiger partial charge in [-0.05, 0) is 32.9 Å². The van der Waals surface area contributed by atoms with Crippen LogP contribution in [0.4, 0.5) is 0 Å². The van der Waals surface area contributed by atoms with Gasteiger partial charge in [0, 0.05) is 12.1 Å². The number of carbonyl (C=O) groups excluding carboxylic acids is 2. The second-order valence-electron chi connectivity index (χ2n) is 5.94. The molecule has 1 atom stereocenters. The Labute approximate surface area is 136 Å². The Morgan fingerprint density at radius 2 is 1.87 bits per heavy atom. The molecule has 0 aliphatic rings. The zero-order valence-electron chi connectivity index (χ0n) is 13.6. The van der Waals surface area contributed by atoms with Crippen LogP contribution in [0.2, 0.25) is 0 Å². The van der Waals surface area contributed by atoms with Gasteiger partial charge >= 0.3 is 5.97 Å². The van der Waals surface area contributed by atoms with E-state index in [1.165, 1.54) is 17.0 Å². The molecule has 7 nitrogen and oxygen atoms in total. The van der Waals surface area contributed by atoms with Gasteiger partial charge in [0.2, 0.25) is 16.4 Å². The Morgan fingerprint density at radius 3 is 2.30 bits per heavy atom. The number of hydrogen-bond acceptors (Lipinski definition) is 5. The van der Waals surface area contributed by atoms with Crippen molar-refractivity contribution in [2.24, 2.45) is 0 Å². The molecular formula is C15H22N2O5S. The van der Waals surface area contributed by atoms with Gasteiger partial charge in [0.05, 0.1) is 12.0 Å². The summed E-state index contributed by atoms with van der Waals surface area (Å²) in [6.45, 7) is 5.20. The summed E-state index contributed by atoms with van der Waals surface area (Å²) in [6.07, 6.45) is 0.576. The summed E-state index contributed by atoms with van der Waals surface area (Å²) in [7, 11) is -2.75. The summed E-state index contributed by atoms with van der Waals surface area (Å²) in [5.74, 6) is -0.763. The van der Waals surface area contributed by atoms with Gasteiger partial charge in [-0.2, -0.15) is 4.72 Å².